The highest BCUT2D eigenvalue weighted by molar-refractivity contribution is 7.90. The lowest BCUT2D eigenvalue weighted by Crippen LogP contribution is -2.30. The number of hydrogen-bond donors (Lipinski definition) is 1. The SMILES string of the molecule is CC(=O)CCCCCCCS(=O)(=O)NC(C)=O. The number of ketones is 1. The van der Waals surface area contributed by atoms with E-state index >= 15 is 0 Å². The summed E-state index contributed by atoms with van der Waals surface area (Å²) in [6.07, 6.45) is 4.68. The average Bonchev–Trinajstić information content (AvgIpc) is 2.13. The molecule has 100 valence electrons. The lowest BCUT2D eigenvalue weighted by molar-refractivity contribution is -0.118. The molecule has 0 aromatic rings. The molecule has 0 rings (SSSR count). The smallest absolute Gasteiger partial charge is 0.234 e. The van der Waals surface area contributed by atoms with Gasteiger partial charge in [-0.2, -0.15) is 0 Å². The summed E-state index contributed by atoms with van der Waals surface area (Å²) in [6, 6.07) is 0. The van der Waals surface area contributed by atoms with Gasteiger partial charge in [-0.1, -0.05) is 19.3 Å². The average molecular weight is 263 g/mol. The van der Waals surface area contributed by atoms with Gasteiger partial charge in [-0.05, 0) is 19.8 Å². The molecule has 0 bridgehead atoms. The van der Waals surface area contributed by atoms with E-state index in [9.17, 15) is 18.0 Å². The Hall–Kier alpha value is -0.910. The van der Waals surface area contributed by atoms with Crippen LogP contribution >= 0.6 is 0 Å². The van der Waals surface area contributed by atoms with E-state index in [1.807, 2.05) is 4.72 Å². The van der Waals surface area contributed by atoms with Crippen LogP contribution in [0.2, 0.25) is 0 Å². The van der Waals surface area contributed by atoms with Crippen LogP contribution in [-0.2, 0) is 19.6 Å². The lowest BCUT2D eigenvalue weighted by atomic mass is 10.1. The van der Waals surface area contributed by atoms with Gasteiger partial charge in [0.1, 0.15) is 5.78 Å². The highest BCUT2D eigenvalue weighted by Gasteiger charge is 2.10. The Morgan fingerprint density at radius 3 is 2.00 bits per heavy atom. The Kier molecular flexibility index (Phi) is 7.78. The van der Waals surface area contributed by atoms with E-state index in [1.165, 1.54) is 6.92 Å². The minimum absolute atomic E-state index is 0.0146. The molecule has 6 heteroatoms. The summed E-state index contributed by atoms with van der Waals surface area (Å²) in [5.74, 6) is -0.371. The number of carbonyl (C=O) groups is 2. The Morgan fingerprint density at radius 1 is 0.941 bits per heavy atom. The summed E-state index contributed by atoms with van der Waals surface area (Å²) in [6.45, 7) is 2.75. The van der Waals surface area contributed by atoms with Crippen molar-refractivity contribution >= 4 is 21.7 Å². The summed E-state index contributed by atoms with van der Waals surface area (Å²) in [5, 5.41) is 0. The summed E-state index contributed by atoms with van der Waals surface area (Å²) in [5.41, 5.74) is 0. The van der Waals surface area contributed by atoms with Crippen LogP contribution in [0.4, 0.5) is 0 Å². The first kappa shape index (κ1) is 16.1. The zero-order chi connectivity index (χ0) is 13.3. The third kappa shape index (κ3) is 11.4. The first-order chi connectivity index (χ1) is 7.83. The second-order valence-electron chi connectivity index (χ2n) is 4.20. The third-order valence-corrected chi connectivity index (χ3v) is 3.67. The minimum Gasteiger partial charge on any atom is -0.300 e. The number of hydrogen-bond acceptors (Lipinski definition) is 4. The molecule has 0 atom stereocenters. The second kappa shape index (κ2) is 8.22. The summed E-state index contributed by atoms with van der Waals surface area (Å²) >= 11 is 0. The quantitative estimate of drug-likeness (QED) is 0.637. The van der Waals surface area contributed by atoms with Gasteiger partial charge in [-0.25, -0.2) is 8.42 Å². The Labute approximate surface area is 103 Å². The van der Waals surface area contributed by atoms with Gasteiger partial charge in [-0.3, -0.25) is 9.52 Å². The highest BCUT2D eigenvalue weighted by Crippen LogP contribution is 2.06. The predicted octanol–water partition coefficient (Wildman–Crippen LogP) is 1.38. The minimum atomic E-state index is -3.44. The van der Waals surface area contributed by atoms with Crippen LogP contribution in [0.3, 0.4) is 0 Å². The van der Waals surface area contributed by atoms with Crippen molar-refractivity contribution in [2.45, 2.75) is 52.4 Å². The molecule has 0 spiro atoms. The zero-order valence-corrected chi connectivity index (χ0v) is 11.3. The molecule has 17 heavy (non-hydrogen) atoms. The van der Waals surface area contributed by atoms with Gasteiger partial charge in [-0.15, -0.1) is 0 Å². The summed E-state index contributed by atoms with van der Waals surface area (Å²) in [4.78, 5) is 21.2. The third-order valence-electron chi connectivity index (χ3n) is 2.24. The first-order valence-corrected chi connectivity index (χ1v) is 7.49. The maximum Gasteiger partial charge on any atom is 0.234 e. The molecule has 1 N–H and O–H groups in total. The van der Waals surface area contributed by atoms with E-state index < -0.39 is 15.9 Å². The van der Waals surface area contributed by atoms with Gasteiger partial charge in [0.15, 0.2) is 0 Å². The number of carbonyl (C=O) groups excluding carboxylic acids is 2. The number of Topliss-reactive ketones (excluding diaryl/α,β-unsaturated/α-hetero) is 1. The van der Waals surface area contributed by atoms with Gasteiger partial charge in [0.25, 0.3) is 0 Å². The van der Waals surface area contributed by atoms with Crippen molar-refractivity contribution in [3.63, 3.8) is 0 Å². The topological polar surface area (TPSA) is 80.3 Å². The molecule has 1 amide bonds. The molecule has 0 unspecified atom stereocenters. The molecule has 0 heterocycles. The molecule has 0 saturated heterocycles. The number of nitrogens with one attached hydrogen (secondary N) is 1. The number of rotatable bonds is 9. The molecule has 0 aromatic carbocycles. The van der Waals surface area contributed by atoms with Gasteiger partial charge < -0.3 is 4.79 Å². The van der Waals surface area contributed by atoms with Gasteiger partial charge in [0.2, 0.25) is 15.9 Å². The second-order valence-corrected chi connectivity index (χ2v) is 6.04. The van der Waals surface area contributed by atoms with Crippen molar-refractivity contribution in [2.24, 2.45) is 0 Å². The fraction of sp³-hybridized carbons (Fsp3) is 0.818. The molecular formula is C11H21NO4S. The number of sulfonamides is 1. The maximum atomic E-state index is 11.2. The first-order valence-electron chi connectivity index (χ1n) is 5.84. The molecule has 0 aliphatic heterocycles. The Balaban J connectivity index is 3.51. The maximum absolute atomic E-state index is 11.2. The molecule has 0 fully saturated rings. The highest BCUT2D eigenvalue weighted by atomic mass is 32.2. The van der Waals surface area contributed by atoms with Crippen LogP contribution < -0.4 is 4.72 Å². The Bertz CT molecular complexity index is 348. The zero-order valence-electron chi connectivity index (χ0n) is 10.5. The molecular weight excluding hydrogens is 242 g/mol. The number of unbranched alkanes of at least 4 members (excludes halogenated alkanes) is 4. The molecule has 0 saturated carbocycles. The van der Waals surface area contributed by atoms with Crippen molar-refractivity contribution in [1.29, 1.82) is 0 Å². The fourth-order valence-corrected chi connectivity index (χ4v) is 2.59. The molecule has 0 aliphatic carbocycles. The van der Waals surface area contributed by atoms with Gasteiger partial charge in [0, 0.05) is 13.3 Å². The van der Waals surface area contributed by atoms with E-state index in [1.54, 1.807) is 6.92 Å². The fourth-order valence-electron chi connectivity index (χ4n) is 1.47. The van der Waals surface area contributed by atoms with E-state index in [4.69, 9.17) is 0 Å². The van der Waals surface area contributed by atoms with Crippen molar-refractivity contribution in [2.75, 3.05) is 5.75 Å². The molecule has 0 aromatic heterocycles. The van der Waals surface area contributed by atoms with Gasteiger partial charge >= 0.3 is 0 Å². The van der Waals surface area contributed by atoms with Crippen molar-refractivity contribution in [3.8, 4) is 0 Å². The van der Waals surface area contributed by atoms with Crippen LogP contribution in [0.5, 0.6) is 0 Å². The van der Waals surface area contributed by atoms with Crippen LogP contribution in [0, 0.1) is 0 Å². The van der Waals surface area contributed by atoms with Crippen molar-refractivity contribution in [3.05, 3.63) is 0 Å². The van der Waals surface area contributed by atoms with Gasteiger partial charge in [0.05, 0.1) is 5.75 Å². The standard InChI is InChI=1S/C11H21NO4S/c1-10(13)8-6-4-3-5-7-9-17(15,16)12-11(2)14/h3-9H2,1-2H3,(H,12,14). The Morgan fingerprint density at radius 2 is 1.47 bits per heavy atom. The summed E-state index contributed by atoms with van der Waals surface area (Å²) < 4.78 is 24.4. The molecule has 0 aliphatic rings. The van der Waals surface area contributed by atoms with E-state index in [2.05, 4.69) is 0 Å². The lowest BCUT2D eigenvalue weighted by Gasteiger charge is -2.04. The number of amides is 1. The normalized spacial score (nSPS) is 11.2. The monoisotopic (exact) mass is 263 g/mol. The predicted molar refractivity (Wildman–Crippen MR) is 66.0 cm³/mol. The van der Waals surface area contributed by atoms with Crippen LogP contribution in [-0.4, -0.2) is 25.9 Å². The molecule has 5 nitrogen and oxygen atoms in total. The van der Waals surface area contributed by atoms with E-state index in [-0.39, 0.29) is 11.5 Å². The summed E-state index contributed by atoms with van der Waals surface area (Å²) in [7, 11) is -3.44. The van der Waals surface area contributed by atoms with E-state index in [0.29, 0.717) is 12.8 Å². The van der Waals surface area contributed by atoms with Crippen LogP contribution in [0.1, 0.15) is 52.4 Å². The van der Waals surface area contributed by atoms with Crippen LogP contribution in [0.15, 0.2) is 0 Å². The van der Waals surface area contributed by atoms with Crippen molar-refractivity contribution < 1.29 is 18.0 Å². The largest absolute Gasteiger partial charge is 0.300 e. The van der Waals surface area contributed by atoms with Crippen LogP contribution in [0.25, 0.3) is 0 Å². The van der Waals surface area contributed by atoms with Crippen molar-refractivity contribution in [1.82, 2.24) is 4.72 Å². The van der Waals surface area contributed by atoms with E-state index in [0.717, 1.165) is 25.7 Å². The molecule has 0 radical (unpaired) electrons.